The summed E-state index contributed by atoms with van der Waals surface area (Å²) in [5.74, 6) is 0. The third-order valence-corrected chi connectivity index (χ3v) is 3.47. The van der Waals surface area contributed by atoms with Crippen LogP contribution in [0.15, 0.2) is 28.4 Å². The van der Waals surface area contributed by atoms with Gasteiger partial charge in [-0.2, -0.15) is 11.1 Å². The Morgan fingerprint density at radius 3 is 1.63 bits per heavy atom. The van der Waals surface area contributed by atoms with E-state index in [1.165, 1.54) is 22.3 Å². The molecule has 1 rings (SSSR count). The Morgan fingerprint density at radius 1 is 1.16 bits per heavy atom. The molecule has 0 bridgehead atoms. The van der Waals surface area contributed by atoms with Gasteiger partial charge in [0.15, 0.2) is 0 Å². The maximum atomic E-state index is 3.44. The quantitative estimate of drug-likeness (QED) is 0.446. The van der Waals surface area contributed by atoms with Gasteiger partial charge in [0.1, 0.15) is 0 Å². The summed E-state index contributed by atoms with van der Waals surface area (Å²) in [6.07, 6.45) is 7.60. The Bertz CT molecular complexity index is 337. The minimum atomic E-state index is 0. The molecule has 108 valence electrons. The number of hydrogen-bond donors (Lipinski definition) is 0. The van der Waals surface area contributed by atoms with Crippen molar-refractivity contribution in [2.45, 2.75) is 55.4 Å². The van der Waals surface area contributed by atoms with Crippen molar-refractivity contribution in [3.8, 4) is 0 Å². The van der Waals surface area contributed by atoms with Crippen LogP contribution in [0.25, 0.3) is 0 Å². The molecule has 1 aliphatic rings. The average molecular weight is 469 g/mol. The summed E-state index contributed by atoms with van der Waals surface area (Å²) < 4.78 is 0. The molecular weight excluding hydrogens is 443 g/mol. The molecule has 0 radical (unpaired) electrons. The van der Waals surface area contributed by atoms with Crippen LogP contribution in [0.4, 0.5) is 0 Å². The molecular formula is C16H26Br2Zr. The zero-order valence-electron chi connectivity index (χ0n) is 13.4. The molecule has 0 aromatic heterocycles. The van der Waals surface area contributed by atoms with Crippen LogP contribution in [0.3, 0.4) is 0 Å². The molecule has 0 aromatic carbocycles. The van der Waals surface area contributed by atoms with Gasteiger partial charge in [-0.3, -0.25) is 6.08 Å². The smallest absolute Gasteiger partial charge is 1.00 e. The maximum Gasteiger partial charge on any atom is 4.00 e. The summed E-state index contributed by atoms with van der Waals surface area (Å²) in [6, 6.07) is 0. The Labute approximate surface area is 160 Å². The summed E-state index contributed by atoms with van der Waals surface area (Å²) >= 11 is 0. The Balaban J connectivity index is -0.000000112. The van der Waals surface area contributed by atoms with E-state index in [0.717, 1.165) is 0 Å². The molecule has 19 heavy (non-hydrogen) atoms. The summed E-state index contributed by atoms with van der Waals surface area (Å²) in [5, 5.41) is 0. The van der Waals surface area contributed by atoms with Crippen LogP contribution in [0.1, 0.15) is 55.4 Å². The van der Waals surface area contributed by atoms with Gasteiger partial charge in [0.2, 0.25) is 0 Å². The molecule has 0 saturated carbocycles. The standard InChI is InChI=1S/C10H15.C6H11.2BrH.Zr/c1-7-6-10(4,5)9(3)8(7)2;1-4-6(3)5-2;;;/h1-5H3;4-5H,1-3H3;2*1H;/q2*-1;;;+4/p-2. The van der Waals surface area contributed by atoms with Crippen molar-refractivity contribution in [2.75, 3.05) is 0 Å². The Kier molecular flexibility index (Phi) is 18.7. The van der Waals surface area contributed by atoms with E-state index in [1.807, 2.05) is 13.8 Å². The fourth-order valence-electron chi connectivity index (χ4n) is 1.57. The monoisotopic (exact) mass is 466 g/mol. The Hall–Kier alpha value is 0.933. The van der Waals surface area contributed by atoms with Gasteiger partial charge in [0.05, 0.1) is 0 Å². The van der Waals surface area contributed by atoms with Gasteiger partial charge < -0.3 is 34.0 Å². The van der Waals surface area contributed by atoms with Crippen molar-refractivity contribution < 1.29 is 60.2 Å². The molecule has 0 aromatic rings. The summed E-state index contributed by atoms with van der Waals surface area (Å²) in [6.45, 7) is 17.1. The van der Waals surface area contributed by atoms with E-state index in [2.05, 4.69) is 60.1 Å². The van der Waals surface area contributed by atoms with Crippen molar-refractivity contribution in [2.24, 2.45) is 5.41 Å². The average Bonchev–Trinajstić information content (AvgIpc) is 2.41. The fraction of sp³-hybridized carbons (Fsp3) is 0.562. The van der Waals surface area contributed by atoms with E-state index in [0.29, 0.717) is 0 Å². The third-order valence-electron chi connectivity index (χ3n) is 3.47. The van der Waals surface area contributed by atoms with Gasteiger partial charge in [-0.15, -0.1) is 20.8 Å². The van der Waals surface area contributed by atoms with Gasteiger partial charge in [0, 0.05) is 0 Å². The molecule has 3 heteroatoms. The van der Waals surface area contributed by atoms with E-state index in [9.17, 15) is 0 Å². The molecule has 0 nitrogen and oxygen atoms in total. The van der Waals surface area contributed by atoms with Crippen molar-refractivity contribution >= 4 is 0 Å². The van der Waals surface area contributed by atoms with Crippen LogP contribution < -0.4 is 34.0 Å². The predicted octanol–water partition coefficient (Wildman–Crippen LogP) is -0.706. The minimum absolute atomic E-state index is 0. The first-order chi connectivity index (χ1) is 7.26. The van der Waals surface area contributed by atoms with Crippen molar-refractivity contribution in [3.63, 3.8) is 0 Å². The van der Waals surface area contributed by atoms with Crippen molar-refractivity contribution in [1.29, 1.82) is 0 Å². The molecule has 0 spiro atoms. The second-order valence-electron chi connectivity index (χ2n) is 4.95. The van der Waals surface area contributed by atoms with E-state index in [4.69, 9.17) is 0 Å². The molecule has 0 heterocycles. The topological polar surface area (TPSA) is 0 Å². The first-order valence-corrected chi connectivity index (χ1v) is 5.98. The predicted molar refractivity (Wildman–Crippen MR) is 74.0 cm³/mol. The molecule has 0 amide bonds. The van der Waals surface area contributed by atoms with E-state index < -0.39 is 0 Å². The van der Waals surface area contributed by atoms with Crippen LogP contribution in [0, 0.1) is 17.9 Å². The number of rotatable bonds is 1. The Morgan fingerprint density at radius 2 is 1.58 bits per heavy atom. The maximum absolute atomic E-state index is 3.44. The van der Waals surface area contributed by atoms with E-state index in [1.54, 1.807) is 0 Å². The molecule has 0 saturated heterocycles. The van der Waals surface area contributed by atoms with Crippen molar-refractivity contribution in [1.82, 2.24) is 0 Å². The largest absolute Gasteiger partial charge is 4.00 e. The SMILES string of the molecule is CC1=[C-]C(C)(C)C(C)=C1C.CC=C(C)[CH-]C.[Br-].[Br-].[Zr+4]. The third kappa shape index (κ3) is 9.48. The van der Waals surface area contributed by atoms with Crippen LogP contribution in [0.5, 0.6) is 0 Å². The van der Waals surface area contributed by atoms with Crippen LogP contribution in [-0.2, 0) is 26.2 Å². The first kappa shape index (κ1) is 28.1. The summed E-state index contributed by atoms with van der Waals surface area (Å²) in [4.78, 5) is 0. The number of allylic oxidation sites excluding steroid dienone is 6. The molecule has 0 N–H and O–H groups in total. The van der Waals surface area contributed by atoms with Crippen LogP contribution in [-0.4, -0.2) is 0 Å². The molecule has 0 fully saturated rings. The second-order valence-corrected chi connectivity index (χ2v) is 4.95. The van der Waals surface area contributed by atoms with Gasteiger partial charge in [-0.1, -0.05) is 40.0 Å². The molecule has 0 unspecified atom stereocenters. The normalized spacial score (nSPS) is 16.0. The number of hydrogen-bond acceptors (Lipinski definition) is 0. The minimum Gasteiger partial charge on any atom is -1.00 e. The zero-order chi connectivity index (χ0) is 12.9. The summed E-state index contributed by atoms with van der Waals surface area (Å²) in [7, 11) is 0. The summed E-state index contributed by atoms with van der Waals surface area (Å²) in [5.41, 5.74) is 5.74. The van der Waals surface area contributed by atoms with Gasteiger partial charge in [-0.25, -0.2) is 23.6 Å². The van der Waals surface area contributed by atoms with Crippen LogP contribution >= 0.6 is 0 Å². The van der Waals surface area contributed by atoms with Gasteiger partial charge in [-0.05, 0) is 0 Å². The fourth-order valence-corrected chi connectivity index (χ4v) is 1.57. The number of halogens is 2. The molecule has 1 aliphatic carbocycles. The van der Waals surface area contributed by atoms with Crippen LogP contribution in [0.2, 0.25) is 0 Å². The first-order valence-electron chi connectivity index (χ1n) is 5.98. The van der Waals surface area contributed by atoms with Crippen molar-refractivity contribution in [3.05, 3.63) is 40.9 Å². The van der Waals surface area contributed by atoms with Gasteiger partial charge >= 0.3 is 26.2 Å². The molecule has 0 atom stereocenters. The molecule has 0 aliphatic heterocycles. The zero-order valence-corrected chi connectivity index (χ0v) is 19.0. The second kappa shape index (κ2) is 12.7. The van der Waals surface area contributed by atoms with E-state index >= 15 is 0 Å². The van der Waals surface area contributed by atoms with E-state index in [-0.39, 0.29) is 65.6 Å². The van der Waals surface area contributed by atoms with Gasteiger partial charge in [0.25, 0.3) is 0 Å².